The molecule has 0 bridgehead atoms. The van der Waals surface area contributed by atoms with Crippen molar-refractivity contribution in [1.29, 1.82) is 0 Å². The summed E-state index contributed by atoms with van der Waals surface area (Å²) in [6, 6.07) is 0. The van der Waals surface area contributed by atoms with Crippen molar-refractivity contribution in [3.63, 3.8) is 0 Å². The Bertz CT molecular complexity index is 762. The third-order valence-electron chi connectivity index (χ3n) is 2.95. The van der Waals surface area contributed by atoms with Crippen LogP contribution < -0.4 is 5.73 Å². The van der Waals surface area contributed by atoms with Gasteiger partial charge < -0.3 is 10.3 Å². The largest absolute Gasteiger partial charge is 0.379 e. The van der Waals surface area contributed by atoms with Crippen molar-refractivity contribution in [2.75, 3.05) is 5.73 Å². The Hall–Kier alpha value is -1.96. The van der Waals surface area contributed by atoms with Gasteiger partial charge in [-0.3, -0.25) is 4.98 Å². The molecule has 0 aromatic carbocycles. The number of pyridine rings is 1. The number of nitrogens with zero attached hydrogens (tertiary/aromatic N) is 5. The highest BCUT2D eigenvalue weighted by Crippen LogP contribution is 2.31. The summed E-state index contributed by atoms with van der Waals surface area (Å²) in [5.41, 5.74) is 8.82. The minimum atomic E-state index is 0.228. The first-order valence-electron chi connectivity index (χ1n) is 5.73. The Balaban J connectivity index is 2.41. The lowest BCUT2D eigenvalue weighted by atomic mass is 10.3. The second kappa shape index (κ2) is 4.30. The second-order valence-electron chi connectivity index (χ2n) is 4.07. The van der Waals surface area contributed by atoms with Gasteiger partial charge in [0.25, 0.3) is 0 Å². The molecule has 0 radical (unpaired) electrons. The zero-order valence-corrected chi connectivity index (χ0v) is 12.0. The molecule has 0 aliphatic carbocycles. The van der Waals surface area contributed by atoms with E-state index in [2.05, 4.69) is 40.8 Å². The van der Waals surface area contributed by atoms with E-state index in [1.165, 1.54) is 0 Å². The standard InChI is InChI=1S/C11H11BrN6O/c1-3-18-9-6(12)4-14-5(2)7(9)15-11(18)8-10(13)17-19-16-8/h4H,3H2,1-2H3,(H2,13,17). The van der Waals surface area contributed by atoms with Gasteiger partial charge in [-0.05, 0) is 40.1 Å². The van der Waals surface area contributed by atoms with Crippen LogP contribution in [0, 0.1) is 6.92 Å². The zero-order chi connectivity index (χ0) is 13.6. The predicted molar refractivity (Wildman–Crippen MR) is 73.3 cm³/mol. The Kier molecular flexibility index (Phi) is 2.74. The Morgan fingerprint density at radius 2 is 2.21 bits per heavy atom. The lowest BCUT2D eigenvalue weighted by Gasteiger charge is -2.05. The van der Waals surface area contributed by atoms with Crippen molar-refractivity contribution < 1.29 is 4.63 Å². The fourth-order valence-electron chi connectivity index (χ4n) is 2.06. The van der Waals surface area contributed by atoms with Crippen LogP contribution in [0.2, 0.25) is 0 Å². The molecule has 98 valence electrons. The maximum Gasteiger partial charge on any atom is 0.199 e. The summed E-state index contributed by atoms with van der Waals surface area (Å²) >= 11 is 3.50. The summed E-state index contributed by atoms with van der Waals surface area (Å²) in [7, 11) is 0. The van der Waals surface area contributed by atoms with E-state index >= 15 is 0 Å². The van der Waals surface area contributed by atoms with Crippen molar-refractivity contribution in [3.05, 3.63) is 16.4 Å². The van der Waals surface area contributed by atoms with Gasteiger partial charge in [0.05, 0.1) is 15.7 Å². The number of nitrogens with two attached hydrogens (primary N) is 1. The summed E-state index contributed by atoms with van der Waals surface area (Å²) in [6.07, 6.45) is 1.76. The molecule has 8 heteroatoms. The summed E-state index contributed by atoms with van der Waals surface area (Å²) in [5, 5.41) is 7.41. The number of halogens is 1. The van der Waals surface area contributed by atoms with Gasteiger partial charge in [0.2, 0.25) is 0 Å². The fraction of sp³-hybridized carbons (Fsp3) is 0.273. The molecule has 0 spiro atoms. The summed E-state index contributed by atoms with van der Waals surface area (Å²) in [6.45, 7) is 4.66. The van der Waals surface area contributed by atoms with Gasteiger partial charge >= 0.3 is 0 Å². The molecule has 3 heterocycles. The molecule has 2 N–H and O–H groups in total. The third-order valence-corrected chi connectivity index (χ3v) is 3.53. The zero-order valence-electron chi connectivity index (χ0n) is 10.4. The Morgan fingerprint density at radius 1 is 1.42 bits per heavy atom. The molecular formula is C11H11BrN6O. The average Bonchev–Trinajstić information content (AvgIpc) is 2.97. The van der Waals surface area contributed by atoms with Crippen molar-refractivity contribution >= 4 is 32.8 Å². The molecule has 0 atom stereocenters. The minimum Gasteiger partial charge on any atom is -0.379 e. The van der Waals surface area contributed by atoms with Crippen LogP contribution in [-0.4, -0.2) is 24.8 Å². The van der Waals surface area contributed by atoms with Crippen molar-refractivity contribution in [2.45, 2.75) is 20.4 Å². The second-order valence-corrected chi connectivity index (χ2v) is 4.92. The van der Waals surface area contributed by atoms with Crippen molar-refractivity contribution in [2.24, 2.45) is 0 Å². The SMILES string of the molecule is CCn1c(-c2nonc2N)nc2c(C)ncc(Br)c21. The normalized spacial score (nSPS) is 11.3. The molecule has 0 aliphatic rings. The quantitative estimate of drug-likeness (QED) is 0.776. The van der Waals surface area contributed by atoms with Crippen LogP contribution in [0.15, 0.2) is 15.3 Å². The molecule has 3 aromatic rings. The van der Waals surface area contributed by atoms with Gasteiger partial charge in [0.1, 0.15) is 5.52 Å². The summed E-state index contributed by atoms with van der Waals surface area (Å²) in [4.78, 5) is 8.86. The first-order valence-corrected chi connectivity index (χ1v) is 6.52. The lowest BCUT2D eigenvalue weighted by molar-refractivity contribution is 0.310. The van der Waals surface area contributed by atoms with Gasteiger partial charge in [-0.1, -0.05) is 0 Å². The molecule has 0 unspecified atom stereocenters. The highest BCUT2D eigenvalue weighted by atomic mass is 79.9. The molecule has 7 nitrogen and oxygen atoms in total. The first kappa shape index (κ1) is 12.1. The fourth-order valence-corrected chi connectivity index (χ4v) is 2.57. The smallest absolute Gasteiger partial charge is 0.199 e. The predicted octanol–water partition coefficient (Wildman–Crippen LogP) is 2.15. The van der Waals surface area contributed by atoms with Crippen LogP contribution in [0.5, 0.6) is 0 Å². The number of anilines is 1. The van der Waals surface area contributed by atoms with Gasteiger partial charge in [-0.25, -0.2) is 9.61 Å². The number of nitrogen functional groups attached to an aromatic ring is 1. The van der Waals surface area contributed by atoms with Gasteiger partial charge in [-0.2, -0.15) is 0 Å². The van der Waals surface area contributed by atoms with E-state index in [-0.39, 0.29) is 5.82 Å². The van der Waals surface area contributed by atoms with Crippen molar-refractivity contribution in [1.82, 2.24) is 24.8 Å². The van der Waals surface area contributed by atoms with E-state index < -0.39 is 0 Å². The van der Waals surface area contributed by atoms with Crippen LogP contribution in [0.3, 0.4) is 0 Å². The van der Waals surface area contributed by atoms with E-state index in [1.807, 2.05) is 18.4 Å². The molecular weight excluding hydrogens is 312 g/mol. The number of rotatable bonds is 2. The molecule has 19 heavy (non-hydrogen) atoms. The van der Waals surface area contributed by atoms with Gasteiger partial charge in [-0.15, -0.1) is 0 Å². The van der Waals surface area contributed by atoms with E-state index in [0.717, 1.165) is 27.7 Å². The molecule has 0 saturated heterocycles. The number of aryl methyl sites for hydroxylation is 2. The highest BCUT2D eigenvalue weighted by Gasteiger charge is 2.20. The maximum absolute atomic E-state index is 5.75. The van der Waals surface area contributed by atoms with E-state index in [9.17, 15) is 0 Å². The minimum absolute atomic E-state index is 0.228. The van der Waals surface area contributed by atoms with Crippen LogP contribution in [0.25, 0.3) is 22.6 Å². The summed E-state index contributed by atoms with van der Waals surface area (Å²) in [5.74, 6) is 0.861. The lowest BCUT2D eigenvalue weighted by Crippen LogP contribution is -2.00. The number of hydrogen-bond donors (Lipinski definition) is 1. The van der Waals surface area contributed by atoms with E-state index in [4.69, 9.17) is 5.73 Å². The number of imidazole rings is 1. The van der Waals surface area contributed by atoms with Gasteiger partial charge in [0, 0.05) is 12.7 Å². The van der Waals surface area contributed by atoms with Crippen molar-refractivity contribution in [3.8, 4) is 11.5 Å². The number of hydrogen-bond acceptors (Lipinski definition) is 6. The molecule has 3 rings (SSSR count). The molecule has 0 aliphatic heterocycles. The van der Waals surface area contributed by atoms with E-state index in [0.29, 0.717) is 11.5 Å². The Labute approximate surface area is 116 Å². The topological polar surface area (TPSA) is 95.7 Å². The van der Waals surface area contributed by atoms with Crippen LogP contribution in [0.1, 0.15) is 12.6 Å². The average molecular weight is 323 g/mol. The monoisotopic (exact) mass is 322 g/mol. The van der Waals surface area contributed by atoms with Gasteiger partial charge in [0.15, 0.2) is 17.3 Å². The third kappa shape index (κ3) is 1.71. The first-order chi connectivity index (χ1) is 9.13. The molecule has 0 saturated carbocycles. The Morgan fingerprint density at radius 3 is 2.84 bits per heavy atom. The van der Waals surface area contributed by atoms with E-state index in [1.54, 1.807) is 6.20 Å². The van der Waals surface area contributed by atoms with Crippen LogP contribution in [-0.2, 0) is 6.54 Å². The summed E-state index contributed by atoms with van der Waals surface area (Å²) < 4.78 is 7.53. The molecule has 0 fully saturated rings. The molecule has 3 aromatic heterocycles. The number of fused-ring (bicyclic) bond motifs is 1. The highest BCUT2D eigenvalue weighted by molar-refractivity contribution is 9.10. The van der Waals surface area contributed by atoms with Crippen LogP contribution >= 0.6 is 15.9 Å². The van der Waals surface area contributed by atoms with Crippen LogP contribution in [0.4, 0.5) is 5.82 Å². The number of aromatic nitrogens is 5. The molecule has 0 amide bonds. The maximum atomic E-state index is 5.75.